The Hall–Kier alpha value is -3.26. The summed E-state index contributed by atoms with van der Waals surface area (Å²) in [5.74, 6) is 4.16. The molecule has 2 aliphatic rings. The summed E-state index contributed by atoms with van der Waals surface area (Å²) in [5, 5.41) is 2.01. The molecule has 1 aromatic heterocycles. The van der Waals surface area contributed by atoms with Crippen LogP contribution in [0.15, 0.2) is 29.2 Å². The second-order valence-corrected chi connectivity index (χ2v) is 13.1. The van der Waals surface area contributed by atoms with E-state index in [0.29, 0.717) is 23.2 Å². The normalized spacial score (nSPS) is 18.3. The van der Waals surface area contributed by atoms with Crippen molar-refractivity contribution in [1.82, 2.24) is 4.68 Å². The van der Waals surface area contributed by atoms with E-state index in [2.05, 4.69) is 16.6 Å². The number of rotatable bonds is 3. The first-order valence-corrected chi connectivity index (χ1v) is 13.5. The van der Waals surface area contributed by atoms with Crippen molar-refractivity contribution in [3.63, 3.8) is 0 Å². The van der Waals surface area contributed by atoms with Crippen LogP contribution in [0.5, 0.6) is 5.75 Å². The van der Waals surface area contributed by atoms with Gasteiger partial charge in [-0.3, -0.25) is 19.3 Å². The van der Waals surface area contributed by atoms with Crippen molar-refractivity contribution in [1.29, 1.82) is 0 Å². The number of carbonyl (C=O) groups excluding carboxylic acids is 1. The smallest absolute Gasteiger partial charge is 0.404 e. The van der Waals surface area contributed by atoms with Crippen molar-refractivity contribution in [3.05, 3.63) is 51.3 Å². The van der Waals surface area contributed by atoms with Crippen LogP contribution in [0.4, 0.5) is 13.2 Å². The molecule has 2 aliphatic heterocycles. The van der Waals surface area contributed by atoms with E-state index in [1.807, 2.05) is 18.9 Å². The zero-order valence-electron chi connectivity index (χ0n) is 21.3. The minimum absolute atomic E-state index is 0.0223. The second kappa shape index (κ2) is 8.38. The Morgan fingerprint density at radius 2 is 1.84 bits per heavy atom. The van der Waals surface area contributed by atoms with Crippen LogP contribution in [0.2, 0.25) is 0 Å². The van der Waals surface area contributed by atoms with Crippen molar-refractivity contribution in [2.24, 2.45) is 0 Å². The topological polar surface area (TPSA) is 85.7 Å². The predicted molar refractivity (Wildman–Crippen MR) is 133 cm³/mol. The number of sulfone groups is 1. The zero-order chi connectivity index (χ0) is 27.7. The fourth-order valence-corrected chi connectivity index (χ4v) is 4.99. The first-order chi connectivity index (χ1) is 16.8. The number of pyridine rings is 1. The first-order valence-electron chi connectivity index (χ1n) is 11.6. The molecule has 37 heavy (non-hydrogen) atoms. The van der Waals surface area contributed by atoms with Gasteiger partial charge in [0.2, 0.25) is 0 Å². The lowest BCUT2D eigenvalue weighted by atomic mass is 9.91. The highest BCUT2D eigenvalue weighted by Gasteiger charge is 2.45. The summed E-state index contributed by atoms with van der Waals surface area (Å²) in [6, 6.07) is 3.62. The van der Waals surface area contributed by atoms with Gasteiger partial charge in [0.1, 0.15) is 10.5 Å². The van der Waals surface area contributed by atoms with Crippen LogP contribution in [0.25, 0.3) is 11.3 Å². The van der Waals surface area contributed by atoms with Crippen LogP contribution < -0.4 is 15.2 Å². The summed E-state index contributed by atoms with van der Waals surface area (Å²) in [5.41, 5.74) is 0.219. The van der Waals surface area contributed by atoms with Gasteiger partial charge in [0.05, 0.1) is 28.4 Å². The summed E-state index contributed by atoms with van der Waals surface area (Å²) in [6.07, 6.45) is -1.20. The van der Waals surface area contributed by atoms with Crippen molar-refractivity contribution in [2.45, 2.75) is 70.2 Å². The van der Waals surface area contributed by atoms with E-state index in [1.165, 1.54) is 45.2 Å². The number of alkyl halides is 3. The van der Waals surface area contributed by atoms with E-state index in [0.717, 1.165) is 12.7 Å². The highest BCUT2D eigenvalue weighted by molar-refractivity contribution is 7.92. The van der Waals surface area contributed by atoms with Crippen molar-refractivity contribution >= 4 is 15.6 Å². The molecule has 11 heteroatoms. The van der Waals surface area contributed by atoms with Gasteiger partial charge in [-0.15, -0.1) is 13.2 Å². The molecule has 7 nitrogen and oxygen atoms in total. The van der Waals surface area contributed by atoms with Crippen LogP contribution in [0, 0.1) is 11.8 Å². The number of halogens is 3. The number of fused-ring (bicyclic) bond motifs is 6. The maximum absolute atomic E-state index is 13.4. The number of carbonyl (C=O) groups is 1. The molecular formula is C26H27F3N2O5S. The number of hydrogen-bond acceptors (Lipinski definition) is 6. The lowest BCUT2D eigenvalue weighted by Crippen LogP contribution is -2.50. The Morgan fingerprint density at radius 1 is 1.19 bits per heavy atom. The van der Waals surface area contributed by atoms with E-state index in [-0.39, 0.29) is 17.2 Å². The number of ketones is 1. The molecule has 0 aliphatic carbocycles. The van der Waals surface area contributed by atoms with Gasteiger partial charge >= 0.3 is 6.36 Å². The molecule has 198 valence electrons. The first kappa shape index (κ1) is 26.8. The lowest BCUT2D eigenvalue weighted by molar-refractivity contribution is -0.274. The van der Waals surface area contributed by atoms with Gasteiger partial charge < -0.3 is 4.74 Å². The average Bonchev–Trinajstić information content (AvgIpc) is 3.05. The predicted octanol–water partition coefficient (Wildman–Crippen LogP) is 4.36. The fraction of sp³-hybridized carbons (Fsp3) is 0.462. The molecular weight excluding hydrogens is 509 g/mol. The Labute approximate surface area is 213 Å². The number of hydrogen-bond donors (Lipinski definition) is 0. The molecule has 0 bridgehead atoms. The molecule has 1 aromatic carbocycles. The van der Waals surface area contributed by atoms with E-state index in [4.69, 9.17) is 0 Å². The maximum atomic E-state index is 13.4. The monoisotopic (exact) mass is 536 g/mol. The minimum Gasteiger partial charge on any atom is -0.404 e. The summed E-state index contributed by atoms with van der Waals surface area (Å²) >= 11 is 0. The number of nitrogens with zero attached hydrogens (tertiary/aromatic N) is 2. The number of Topliss-reactive ketones (excluding diaryl/α,β-unsaturated/α-hetero) is 1. The lowest BCUT2D eigenvalue weighted by Gasteiger charge is -2.44. The highest BCUT2D eigenvalue weighted by atomic mass is 32.2. The summed E-state index contributed by atoms with van der Waals surface area (Å²) < 4.78 is 68.8. The van der Waals surface area contributed by atoms with Gasteiger partial charge in [-0.1, -0.05) is 11.8 Å². The number of benzene rings is 1. The summed E-state index contributed by atoms with van der Waals surface area (Å²) in [4.78, 5) is 24.8. The third-order valence-corrected chi connectivity index (χ3v) is 8.98. The Kier molecular flexibility index (Phi) is 6.07. The molecule has 0 radical (unpaired) electrons. The highest BCUT2D eigenvalue weighted by Crippen LogP contribution is 2.49. The van der Waals surface area contributed by atoms with Gasteiger partial charge in [0, 0.05) is 24.1 Å². The summed E-state index contributed by atoms with van der Waals surface area (Å²) in [6.45, 7) is 8.03. The van der Waals surface area contributed by atoms with E-state index in [1.54, 1.807) is 4.68 Å². The second-order valence-electron chi connectivity index (χ2n) is 10.6. The standard InChI is InChI=1S/C26H27F3N2O5S/c1-15(32)19-14-30-21(13-22(19)33)18-12-23(36-26(27,28)29)16(7-10-25(4,5)37(6,34)35)11-17(18)20-8-9-24(2,3)31(20)30/h11-14,20H,8-9H2,1-6H3/t20-/m1/s1. The number of ether oxygens (including phenoxy) is 1. The van der Waals surface area contributed by atoms with E-state index >= 15 is 0 Å². The molecule has 1 atom stereocenters. The molecule has 1 fully saturated rings. The largest absolute Gasteiger partial charge is 0.573 e. The van der Waals surface area contributed by atoms with Crippen LogP contribution >= 0.6 is 0 Å². The van der Waals surface area contributed by atoms with Crippen molar-refractivity contribution in [3.8, 4) is 28.8 Å². The zero-order valence-corrected chi connectivity index (χ0v) is 22.1. The van der Waals surface area contributed by atoms with Gasteiger partial charge in [0.15, 0.2) is 21.0 Å². The summed E-state index contributed by atoms with van der Waals surface area (Å²) in [7, 11) is -3.63. The van der Waals surface area contributed by atoms with Crippen molar-refractivity contribution in [2.75, 3.05) is 11.3 Å². The van der Waals surface area contributed by atoms with Crippen molar-refractivity contribution < 1.29 is 31.1 Å². The quantitative estimate of drug-likeness (QED) is 0.428. The van der Waals surface area contributed by atoms with E-state index < -0.39 is 43.4 Å². The molecule has 2 aromatic rings. The van der Waals surface area contributed by atoms with Crippen LogP contribution in [0.1, 0.15) is 75.0 Å². The molecule has 3 heterocycles. The van der Waals surface area contributed by atoms with Gasteiger partial charge in [0.25, 0.3) is 0 Å². The molecule has 0 unspecified atom stereocenters. The SMILES string of the molecule is CC(=O)c1cn2c(cc1=O)-c1cc(OC(F)(F)F)c(C#CC(C)(C)S(C)(=O)=O)cc1[C@H]1CCC(C)(C)N12. The Bertz CT molecular complexity index is 1540. The van der Waals surface area contributed by atoms with Gasteiger partial charge in [-0.25, -0.2) is 8.42 Å². The van der Waals surface area contributed by atoms with Gasteiger partial charge in [-0.05, 0) is 65.2 Å². The average molecular weight is 537 g/mol. The molecule has 1 saturated heterocycles. The molecule has 0 amide bonds. The third kappa shape index (κ3) is 4.75. The molecule has 0 N–H and O–H groups in total. The molecule has 0 spiro atoms. The number of aromatic nitrogens is 1. The Morgan fingerprint density at radius 3 is 2.41 bits per heavy atom. The van der Waals surface area contributed by atoms with Gasteiger partial charge in [-0.2, -0.15) is 0 Å². The fourth-order valence-electron chi connectivity index (χ4n) is 4.76. The third-order valence-electron chi connectivity index (χ3n) is 7.03. The maximum Gasteiger partial charge on any atom is 0.573 e. The Balaban J connectivity index is 2.03. The van der Waals surface area contributed by atoms with E-state index in [9.17, 15) is 31.2 Å². The molecule has 0 saturated carbocycles. The molecule has 4 rings (SSSR count). The minimum atomic E-state index is -5.04. The van der Waals surface area contributed by atoms with Crippen LogP contribution in [-0.2, 0) is 9.84 Å². The van der Waals surface area contributed by atoms with Crippen LogP contribution in [-0.4, -0.2) is 41.8 Å². The van der Waals surface area contributed by atoms with Crippen LogP contribution in [0.3, 0.4) is 0 Å².